The quantitative estimate of drug-likeness (QED) is 0.521. The highest BCUT2D eigenvalue weighted by atomic mass is 32.2. The molecule has 1 saturated heterocycles. The molecule has 2 rings (SSSR count). The SMILES string of the molecule is CN=C(NCCc1ncc(C)s1)NCCS(=O)(=O)N1CCSCC1. The van der Waals surface area contributed by atoms with E-state index in [4.69, 9.17) is 0 Å². The summed E-state index contributed by atoms with van der Waals surface area (Å²) in [5, 5.41) is 7.34. The zero-order valence-corrected chi connectivity index (χ0v) is 16.6. The predicted octanol–water partition coefficient (Wildman–Crippen LogP) is 0.538. The molecule has 2 heterocycles. The van der Waals surface area contributed by atoms with Gasteiger partial charge in [-0.2, -0.15) is 11.8 Å². The summed E-state index contributed by atoms with van der Waals surface area (Å²) in [7, 11) is -1.50. The molecule has 0 aromatic carbocycles. The molecule has 0 radical (unpaired) electrons. The lowest BCUT2D eigenvalue weighted by molar-refractivity contribution is 0.443. The molecule has 1 aliphatic rings. The van der Waals surface area contributed by atoms with Crippen molar-refractivity contribution >= 4 is 39.1 Å². The first-order chi connectivity index (χ1) is 11.5. The van der Waals surface area contributed by atoms with Gasteiger partial charge in [0.1, 0.15) is 0 Å². The third kappa shape index (κ3) is 6.23. The number of hydrogen-bond donors (Lipinski definition) is 2. The maximum absolute atomic E-state index is 12.3. The molecule has 1 fully saturated rings. The van der Waals surface area contributed by atoms with Gasteiger partial charge in [-0.15, -0.1) is 11.3 Å². The lowest BCUT2D eigenvalue weighted by Crippen LogP contribution is -2.44. The number of nitrogens with one attached hydrogen (secondary N) is 2. The van der Waals surface area contributed by atoms with Gasteiger partial charge < -0.3 is 10.6 Å². The van der Waals surface area contributed by atoms with Gasteiger partial charge in [0.15, 0.2) is 5.96 Å². The molecule has 0 amide bonds. The second kappa shape index (κ2) is 9.59. The number of thiazole rings is 1. The number of nitrogens with zero attached hydrogens (tertiary/aromatic N) is 3. The van der Waals surface area contributed by atoms with E-state index in [0.29, 0.717) is 32.1 Å². The minimum Gasteiger partial charge on any atom is -0.356 e. The molecule has 0 bridgehead atoms. The summed E-state index contributed by atoms with van der Waals surface area (Å²) in [6, 6.07) is 0. The first-order valence-corrected chi connectivity index (χ1v) is 11.5. The van der Waals surface area contributed by atoms with Crippen LogP contribution >= 0.6 is 23.1 Å². The molecule has 0 aliphatic carbocycles. The van der Waals surface area contributed by atoms with Gasteiger partial charge in [0.2, 0.25) is 10.0 Å². The second-order valence-electron chi connectivity index (χ2n) is 5.37. The van der Waals surface area contributed by atoms with Crippen molar-refractivity contribution in [1.29, 1.82) is 0 Å². The second-order valence-corrected chi connectivity index (χ2v) is 10.0. The van der Waals surface area contributed by atoms with Crippen molar-refractivity contribution in [1.82, 2.24) is 19.9 Å². The van der Waals surface area contributed by atoms with E-state index in [0.717, 1.165) is 22.9 Å². The van der Waals surface area contributed by atoms with Gasteiger partial charge in [-0.3, -0.25) is 4.99 Å². The lowest BCUT2D eigenvalue weighted by atomic mass is 10.4. The maximum atomic E-state index is 12.3. The Kier molecular flexibility index (Phi) is 7.79. The fraction of sp³-hybridized carbons (Fsp3) is 0.714. The highest BCUT2D eigenvalue weighted by Gasteiger charge is 2.23. The van der Waals surface area contributed by atoms with E-state index >= 15 is 0 Å². The van der Waals surface area contributed by atoms with Gasteiger partial charge in [0.05, 0.1) is 10.8 Å². The zero-order chi connectivity index (χ0) is 17.4. The van der Waals surface area contributed by atoms with Crippen LogP contribution in [0.3, 0.4) is 0 Å². The van der Waals surface area contributed by atoms with Crippen LogP contribution in [-0.4, -0.2) is 74.2 Å². The number of aromatic nitrogens is 1. The van der Waals surface area contributed by atoms with Crippen LogP contribution in [0.15, 0.2) is 11.2 Å². The molecule has 0 saturated carbocycles. The van der Waals surface area contributed by atoms with E-state index in [1.807, 2.05) is 13.1 Å². The first kappa shape index (κ1) is 19.5. The average Bonchev–Trinajstić information content (AvgIpc) is 2.99. The Balaban J connectivity index is 1.69. The van der Waals surface area contributed by atoms with Gasteiger partial charge in [-0.25, -0.2) is 17.7 Å². The van der Waals surface area contributed by atoms with Crippen LogP contribution in [0, 0.1) is 6.92 Å². The van der Waals surface area contributed by atoms with Crippen molar-refractivity contribution in [2.45, 2.75) is 13.3 Å². The van der Waals surface area contributed by atoms with E-state index in [1.54, 1.807) is 34.5 Å². The predicted molar refractivity (Wildman–Crippen MR) is 103 cm³/mol. The fourth-order valence-corrected chi connectivity index (χ4v) is 5.56. The highest BCUT2D eigenvalue weighted by molar-refractivity contribution is 7.99. The molecule has 136 valence electrons. The Bertz CT molecular complexity index is 639. The lowest BCUT2D eigenvalue weighted by Gasteiger charge is -2.25. The van der Waals surface area contributed by atoms with Gasteiger partial charge >= 0.3 is 0 Å². The molecular formula is C14H25N5O2S3. The molecule has 0 atom stereocenters. The van der Waals surface area contributed by atoms with E-state index in [1.165, 1.54) is 4.88 Å². The van der Waals surface area contributed by atoms with Crippen LogP contribution in [0.5, 0.6) is 0 Å². The van der Waals surface area contributed by atoms with Gasteiger partial charge in [-0.05, 0) is 6.92 Å². The maximum Gasteiger partial charge on any atom is 0.215 e. The minimum atomic E-state index is -3.18. The summed E-state index contributed by atoms with van der Waals surface area (Å²) in [5.41, 5.74) is 0. The number of aliphatic imine (C=N–C) groups is 1. The molecule has 10 heteroatoms. The van der Waals surface area contributed by atoms with Crippen molar-refractivity contribution < 1.29 is 8.42 Å². The Morgan fingerprint density at radius 1 is 1.33 bits per heavy atom. The van der Waals surface area contributed by atoms with Gasteiger partial charge in [0.25, 0.3) is 0 Å². The summed E-state index contributed by atoms with van der Waals surface area (Å²) in [6.07, 6.45) is 2.69. The molecule has 7 nitrogen and oxygen atoms in total. The summed E-state index contributed by atoms with van der Waals surface area (Å²) in [6.45, 7) is 4.34. The number of guanidine groups is 1. The summed E-state index contributed by atoms with van der Waals surface area (Å²) >= 11 is 3.49. The number of aryl methyl sites for hydroxylation is 1. The number of sulfonamides is 1. The van der Waals surface area contributed by atoms with Gasteiger partial charge in [-0.1, -0.05) is 0 Å². The van der Waals surface area contributed by atoms with Crippen LogP contribution in [0.1, 0.15) is 9.88 Å². The fourth-order valence-electron chi connectivity index (χ4n) is 2.28. The molecule has 1 aromatic rings. The van der Waals surface area contributed by atoms with Crippen molar-refractivity contribution in [2.24, 2.45) is 4.99 Å². The smallest absolute Gasteiger partial charge is 0.215 e. The van der Waals surface area contributed by atoms with E-state index < -0.39 is 10.0 Å². The Morgan fingerprint density at radius 3 is 2.67 bits per heavy atom. The first-order valence-electron chi connectivity index (χ1n) is 7.92. The standard InChI is InChI=1S/C14H25N5O2S3/c1-12-11-18-13(23-12)3-4-16-14(15-2)17-5-10-24(20,21)19-6-8-22-9-7-19/h11H,3-10H2,1-2H3,(H2,15,16,17). The van der Waals surface area contributed by atoms with Crippen molar-refractivity contribution in [3.63, 3.8) is 0 Å². The molecule has 1 aliphatic heterocycles. The molecule has 0 unspecified atom stereocenters. The van der Waals surface area contributed by atoms with E-state index in [2.05, 4.69) is 20.6 Å². The van der Waals surface area contributed by atoms with Crippen LogP contribution in [0.2, 0.25) is 0 Å². The number of thioether (sulfide) groups is 1. The number of rotatable bonds is 7. The molecule has 24 heavy (non-hydrogen) atoms. The zero-order valence-electron chi connectivity index (χ0n) is 14.1. The summed E-state index contributed by atoms with van der Waals surface area (Å²) in [5.74, 6) is 2.47. The average molecular weight is 392 g/mol. The third-order valence-electron chi connectivity index (χ3n) is 3.54. The molecule has 2 N–H and O–H groups in total. The van der Waals surface area contributed by atoms with Crippen molar-refractivity contribution in [3.05, 3.63) is 16.1 Å². The van der Waals surface area contributed by atoms with Gasteiger partial charge in [0, 0.05) is 62.2 Å². The van der Waals surface area contributed by atoms with Crippen LogP contribution in [-0.2, 0) is 16.4 Å². The minimum absolute atomic E-state index is 0.0873. The normalized spacial score (nSPS) is 17.0. The van der Waals surface area contributed by atoms with E-state index in [9.17, 15) is 8.42 Å². The monoisotopic (exact) mass is 391 g/mol. The topological polar surface area (TPSA) is 86.7 Å². The largest absolute Gasteiger partial charge is 0.356 e. The van der Waals surface area contributed by atoms with Crippen molar-refractivity contribution in [2.75, 3.05) is 50.5 Å². The Hall–Kier alpha value is -0.840. The molecule has 0 spiro atoms. The molecular weight excluding hydrogens is 366 g/mol. The summed E-state index contributed by atoms with van der Waals surface area (Å²) in [4.78, 5) is 9.64. The summed E-state index contributed by atoms with van der Waals surface area (Å²) < 4.78 is 26.1. The van der Waals surface area contributed by atoms with Crippen LogP contribution in [0.4, 0.5) is 0 Å². The molecule has 1 aromatic heterocycles. The van der Waals surface area contributed by atoms with E-state index in [-0.39, 0.29) is 5.75 Å². The number of hydrogen-bond acceptors (Lipinski definition) is 6. The van der Waals surface area contributed by atoms with Crippen molar-refractivity contribution in [3.8, 4) is 0 Å². The third-order valence-corrected chi connectivity index (χ3v) is 7.33. The van der Waals surface area contributed by atoms with Crippen LogP contribution in [0.25, 0.3) is 0 Å². The Labute approximate surface area is 152 Å². The highest BCUT2D eigenvalue weighted by Crippen LogP contribution is 2.13. The Morgan fingerprint density at radius 2 is 2.04 bits per heavy atom. The van der Waals surface area contributed by atoms with Crippen LogP contribution < -0.4 is 10.6 Å².